The van der Waals surface area contributed by atoms with Crippen LogP contribution in [0.3, 0.4) is 0 Å². The zero-order chi connectivity index (χ0) is 12.1. The number of ether oxygens (including phenoxy) is 1. The SMILES string of the molecule is CCCCCC1=C(N2CCOCC2)CCC1=O. The lowest BCUT2D eigenvalue weighted by Crippen LogP contribution is -2.35. The monoisotopic (exact) mass is 237 g/mol. The number of rotatable bonds is 5. The molecule has 2 rings (SSSR count). The molecular weight excluding hydrogens is 214 g/mol. The van der Waals surface area contributed by atoms with Gasteiger partial charge >= 0.3 is 0 Å². The minimum Gasteiger partial charge on any atom is -0.378 e. The summed E-state index contributed by atoms with van der Waals surface area (Å²) in [5, 5.41) is 0. The predicted octanol–water partition coefficient (Wildman–Crippen LogP) is 2.52. The molecule has 0 unspecified atom stereocenters. The van der Waals surface area contributed by atoms with Crippen molar-refractivity contribution in [2.45, 2.75) is 45.4 Å². The first-order valence-corrected chi connectivity index (χ1v) is 6.91. The highest BCUT2D eigenvalue weighted by Crippen LogP contribution is 2.30. The van der Waals surface area contributed by atoms with Crippen LogP contribution < -0.4 is 0 Å². The second kappa shape index (κ2) is 6.20. The molecule has 0 atom stereocenters. The summed E-state index contributed by atoms with van der Waals surface area (Å²) in [7, 11) is 0. The van der Waals surface area contributed by atoms with Crippen LogP contribution in [0.1, 0.15) is 45.4 Å². The van der Waals surface area contributed by atoms with Crippen molar-refractivity contribution >= 4 is 5.78 Å². The molecule has 0 N–H and O–H groups in total. The Morgan fingerprint density at radius 1 is 1.18 bits per heavy atom. The number of carbonyl (C=O) groups is 1. The lowest BCUT2D eigenvalue weighted by molar-refractivity contribution is -0.115. The van der Waals surface area contributed by atoms with Gasteiger partial charge in [0.05, 0.1) is 13.2 Å². The second-order valence-corrected chi connectivity index (χ2v) is 4.90. The van der Waals surface area contributed by atoms with Gasteiger partial charge in [-0.3, -0.25) is 4.79 Å². The maximum Gasteiger partial charge on any atom is 0.160 e. The Hall–Kier alpha value is -0.830. The molecule has 1 fully saturated rings. The summed E-state index contributed by atoms with van der Waals surface area (Å²) < 4.78 is 5.37. The largest absolute Gasteiger partial charge is 0.378 e. The van der Waals surface area contributed by atoms with Crippen molar-refractivity contribution in [3.05, 3.63) is 11.3 Å². The minimum absolute atomic E-state index is 0.391. The van der Waals surface area contributed by atoms with Gasteiger partial charge in [-0.15, -0.1) is 0 Å². The molecule has 1 heterocycles. The molecule has 0 radical (unpaired) electrons. The van der Waals surface area contributed by atoms with E-state index in [1.165, 1.54) is 18.5 Å². The van der Waals surface area contributed by atoms with Gasteiger partial charge in [-0.25, -0.2) is 0 Å². The first kappa shape index (κ1) is 12.6. The molecule has 0 spiro atoms. The number of hydrogen-bond donors (Lipinski definition) is 0. The lowest BCUT2D eigenvalue weighted by Gasteiger charge is -2.30. The highest BCUT2D eigenvalue weighted by molar-refractivity contribution is 5.98. The first-order chi connectivity index (χ1) is 8.33. The molecule has 1 saturated heterocycles. The van der Waals surface area contributed by atoms with Crippen LogP contribution >= 0.6 is 0 Å². The number of hydrogen-bond acceptors (Lipinski definition) is 3. The molecule has 17 heavy (non-hydrogen) atoms. The molecule has 2 aliphatic rings. The fourth-order valence-corrected chi connectivity index (χ4v) is 2.71. The molecule has 0 aromatic heterocycles. The molecule has 1 aliphatic heterocycles. The quantitative estimate of drug-likeness (QED) is 0.688. The van der Waals surface area contributed by atoms with Gasteiger partial charge in [-0.1, -0.05) is 19.8 Å². The van der Waals surface area contributed by atoms with Crippen molar-refractivity contribution in [1.29, 1.82) is 0 Å². The van der Waals surface area contributed by atoms with E-state index in [-0.39, 0.29) is 0 Å². The molecule has 3 nitrogen and oxygen atoms in total. The van der Waals surface area contributed by atoms with E-state index in [0.29, 0.717) is 5.78 Å². The van der Waals surface area contributed by atoms with Crippen molar-refractivity contribution in [1.82, 2.24) is 4.90 Å². The van der Waals surface area contributed by atoms with Crippen molar-refractivity contribution in [2.75, 3.05) is 26.3 Å². The maximum absolute atomic E-state index is 11.9. The summed E-state index contributed by atoms with van der Waals surface area (Å²) in [4.78, 5) is 14.3. The number of ketones is 1. The van der Waals surface area contributed by atoms with Gasteiger partial charge in [0.1, 0.15) is 0 Å². The van der Waals surface area contributed by atoms with Crippen molar-refractivity contribution in [2.24, 2.45) is 0 Å². The van der Waals surface area contributed by atoms with E-state index in [1.54, 1.807) is 0 Å². The maximum atomic E-state index is 11.9. The van der Waals surface area contributed by atoms with Crippen LogP contribution in [0.4, 0.5) is 0 Å². The zero-order valence-electron chi connectivity index (χ0n) is 10.8. The zero-order valence-corrected chi connectivity index (χ0v) is 10.8. The van der Waals surface area contributed by atoms with E-state index in [1.807, 2.05) is 0 Å². The number of morpholine rings is 1. The summed E-state index contributed by atoms with van der Waals surface area (Å²) in [6, 6.07) is 0. The standard InChI is InChI=1S/C14H23NO2/c1-2-3-4-5-12-13(6-7-14(12)16)15-8-10-17-11-9-15/h2-11H2,1H3. The molecule has 0 amide bonds. The fourth-order valence-electron chi connectivity index (χ4n) is 2.71. The van der Waals surface area contributed by atoms with E-state index in [2.05, 4.69) is 11.8 Å². The summed E-state index contributed by atoms with van der Waals surface area (Å²) in [6.45, 7) is 5.73. The lowest BCUT2D eigenvalue weighted by atomic mass is 10.1. The third-order valence-electron chi connectivity index (χ3n) is 3.70. The van der Waals surface area contributed by atoms with Crippen LogP contribution in [0.15, 0.2) is 11.3 Å². The third-order valence-corrected chi connectivity index (χ3v) is 3.70. The molecule has 3 heteroatoms. The van der Waals surface area contributed by atoms with Gasteiger partial charge in [-0.05, 0) is 19.3 Å². The summed E-state index contributed by atoms with van der Waals surface area (Å²) in [5.74, 6) is 0.391. The number of Topliss-reactive ketones (excluding diaryl/α,β-unsaturated/α-hetero) is 1. The molecule has 0 aromatic rings. The fraction of sp³-hybridized carbons (Fsp3) is 0.786. The van der Waals surface area contributed by atoms with Gasteiger partial charge in [0, 0.05) is 30.8 Å². The number of nitrogens with zero attached hydrogens (tertiary/aromatic N) is 1. The van der Waals surface area contributed by atoms with E-state index >= 15 is 0 Å². The first-order valence-electron chi connectivity index (χ1n) is 6.91. The Kier molecular flexibility index (Phi) is 4.60. The van der Waals surface area contributed by atoms with Crippen molar-refractivity contribution in [3.63, 3.8) is 0 Å². The summed E-state index contributed by atoms with van der Waals surface area (Å²) in [6.07, 6.45) is 6.28. The van der Waals surface area contributed by atoms with E-state index in [9.17, 15) is 4.79 Å². The van der Waals surface area contributed by atoms with Crippen molar-refractivity contribution in [3.8, 4) is 0 Å². The minimum atomic E-state index is 0.391. The van der Waals surface area contributed by atoms with E-state index in [0.717, 1.165) is 57.6 Å². The van der Waals surface area contributed by atoms with E-state index in [4.69, 9.17) is 4.74 Å². The van der Waals surface area contributed by atoms with Crippen LogP contribution in [-0.4, -0.2) is 37.0 Å². The van der Waals surface area contributed by atoms with Crippen LogP contribution in [0, 0.1) is 0 Å². The van der Waals surface area contributed by atoms with Gasteiger partial charge in [-0.2, -0.15) is 0 Å². The second-order valence-electron chi connectivity index (χ2n) is 4.90. The number of unbranched alkanes of at least 4 members (excludes halogenated alkanes) is 2. The van der Waals surface area contributed by atoms with Gasteiger partial charge in [0.15, 0.2) is 5.78 Å². The van der Waals surface area contributed by atoms with Crippen LogP contribution in [0.2, 0.25) is 0 Å². The molecule has 96 valence electrons. The number of allylic oxidation sites excluding steroid dienone is 2. The predicted molar refractivity (Wildman–Crippen MR) is 67.8 cm³/mol. The molecule has 0 bridgehead atoms. The van der Waals surface area contributed by atoms with Gasteiger partial charge in [0.2, 0.25) is 0 Å². The van der Waals surface area contributed by atoms with Gasteiger partial charge < -0.3 is 9.64 Å². The van der Waals surface area contributed by atoms with Crippen LogP contribution in [0.25, 0.3) is 0 Å². The Balaban J connectivity index is 2.01. The average molecular weight is 237 g/mol. The Labute approximate surface area is 104 Å². The van der Waals surface area contributed by atoms with Crippen LogP contribution in [0.5, 0.6) is 0 Å². The molecule has 0 saturated carbocycles. The summed E-state index contributed by atoms with van der Waals surface area (Å²) >= 11 is 0. The van der Waals surface area contributed by atoms with E-state index < -0.39 is 0 Å². The smallest absolute Gasteiger partial charge is 0.160 e. The Morgan fingerprint density at radius 3 is 2.65 bits per heavy atom. The highest BCUT2D eigenvalue weighted by Gasteiger charge is 2.26. The Bertz CT molecular complexity index is 303. The third kappa shape index (κ3) is 3.09. The van der Waals surface area contributed by atoms with Crippen molar-refractivity contribution < 1.29 is 9.53 Å². The van der Waals surface area contributed by atoms with Crippen LogP contribution in [-0.2, 0) is 9.53 Å². The highest BCUT2D eigenvalue weighted by atomic mass is 16.5. The molecule has 1 aliphatic carbocycles. The molecule has 0 aromatic carbocycles. The topological polar surface area (TPSA) is 29.5 Å². The number of carbonyl (C=O) groups excluding carboxylic acids is 1. The Morgan fingerprint density at radius 2 is 1.94 bits per heavy atom. The van der Waals surface area contributed by atoms with Gasteiger partial charge in [0.25, 0.3) is 0 Å². The normalized spacial score (nSPS) is 21.5. The summed E-state index contributed by atoms with van der Waals surface area (Å²) in [5.41, 5.74) is 2.45. The molecular formula is C14H23NO2. The average Bonchev–Trinajstić information content (AvgIpc) is 2.73.